The van der Waals surface area contributed by atoms with E-state index in [9.17, 15) is 14.4 Å². The topological polar surface area (TPSA) is 136 Å². The molecule has 0 radical (unpaired) electrons. The summed E-state index contributed by atoms with van der Waals surface area (Å²) in [6.07, 6.45) is 7.66. The number of carboxylic acid groups (broad SMARTS) is 2. The molecule has 1 atom stereocenters. The number of rotatable bonds is 3. The maximum atomic E-state index is 11.6. The van der Waals surface area contributed by atoms with Gasteiger partial charge in [0.25, 0.3) is 0 Å². The quantitative estimate of drug-likeness (QED) is 0.663. The number of carbonyl (C=O) groups excluding carboxylic acids is 1. The molecule has 0 bridgehead atoms. The number of benzene rings is 1. The lowest BCUT2D eigenvalue weighted by Crippen LogP contribution is -2.21. The maximum Gasteiger partial charge on any atom is 0.335 e. The number of thiocarbonyl (C=S) groups is 1. The Morgan fingerprint density at radius 2 is 1.82 bits per heavy atom. The van der Waals surface area contributed by atoms with Crippen LogP contribution in [0.2, 0.25) is 0 Å². The molecule has 150 valence electrons. The first-order chi connectivity index (χ1) is 13.3. The van der Waals surface area contributed by atoms with Gasteiger partial charge in [0.05, 0.1) is 34.7 Å². The molecule has 0 aliphatic heterocycles. The van der Waals surface area contributed by atoms with Crippen molar-refractivity contribution in [3.63, 3.8) is 0 Å². The summed E-state index contributed by atoms with van der Waals surface area (Å²) in [7, 11) is 0. The molecule has 9 heteroatoms. The normalized spacial score (nSPS) is 15.3. The molecule has 8 nitrogen and oxygen atoms in total. The van der Waals surface area contributed by atoms with Gasteiger partial charge in [-0.3, -0.25) is 4.79 Å². The van der Waals surface area contributed by atoms with Crippen LogP contribution in [0.25, 0.3) is 0 Å². The van der Waals surface area contributed by atoms with Crippen LogP contribution in [0.4, 0.5) is 0 Å². The second-order valence-electron chi connectivity index (χ2n) is 6.02. The first-order valence-corrected chi connectivity index (χ1v) is 9.02. The second-order valence-corrected chi connectivity index (χ2v) is 6.29. The van der Waals surface area contributed by atoms with Crippen LogP contribution in [-0.2, 0) is 4.79 Å². The summed E-state index contributed by atoms with van der Waals surface area (Å²) >= 11 is 4.05. The Hall–Kier alpha value is -3.07. The van der Waals surface area contributed by atoms with Crippen molar-refractivity contribution >= 4 is 35.4 Å². The minimum atomic E-state index is -1.13. The van der Waals surface area contributed by atoms with Crippen LogP contribution in [0.15, 0.2) is 36.8 Å². The summed E-state index contributed by atoms with van der Waals surface area (Å²) in [5.74, 6) is -1.89. The van der Waals surface area contributed by atoms with Crippen molar-refractivity contribution in [2.75, 3.05) is 0 Å². The highest BCUT2D eigenvalue weighted by Gasteiger charge is 2.23. The average molecular weight is 405 g/mol. The smallest absolute Gasteiger partial charge is 0.335 e. The van der Waals surface area contributed by atoms with Gasteiger partial charge in [-0.25, -0.2) is 14.6 Å². The standard InChI is InChI=1S/C10H14N2O.C8H6O4.CH3NS/c1-8-6-12(7-11-8)9-4-2-3-5-10(9)13;9-7(10)5-2-1-3-6(4-5)8(11)12;2-1-3/h6-7,9H,2-5H2,1H3;1-4H,(H,9,10)(H,11,12);1H,(H2,2,3). The minimum Gasteiger partial charge on any atom is -0.478 e. The zero-order chi connectivity index (χ0) is 21.1. The Morgan fingerprint density at radius 1 is 1.25 bits per heavy atom. The van der Waals surface area contributed by atoms with Crippen molar-refractivity contribution in [2.45, 2.75) is 38.6 Å². The number of carbonyl (C=O) groups is 3. The molecule has 1 aromatic carbocycles. The Labute approximate surface area is 168 Å². The van der Waals surface area contributed by atoms with Gasteiger partial charge in [-0.05, 0) is 38.0 Å². The number of hydrogen-bond donors (Lipinski definition) is 3. The molecule has 0 amide bonds. The second kappa shape index (κ2) is 11.6. The molecule has 0 saturated heterocycles. The number of nitrogens with zero attached hydrogens (tertiary/aromatic N) is 2. The lowest BCUT2D eigenvalue weighted by atomic mass is 9.94. The van der Waals surface area contributed by atoms with Crippen molar-refractivity contribution < 1.29 is 24.6 Å². The highest BCUT2D eigenvalue weighted by Crippen LogP contribution is 2.24. The number of aromatic nitrogens is 2. The third-order valence-corrected chi connectivity index (χ3v) is 3.97. The largest absolute Gasteiger partial charge is 0.478 e. The number of aryl methyl sites for hydroxylation is 1. The van der Waals surface area contributed by atoms with E-state index in [0.717, 1.165) is 42.9 Å². The Morgan fingerprint density at radius 3 is 2.25 bits per heavy atom. The predicted octanol–water partition coefficient (Wildman–Crippen LogP) is 2.86. The molecular formula is C19H23N3O5S. The summed E-state index contributed by atoms with van der Waals surface area (Å²) in [5.41, 5.74) is 6.57. The molecule has 1 aliphatic rings. The van der Waals surface area contributed by atoms with E-state index in [0.29, 0.717) is 5.78 Å². The van der Waals surface area contributed by atoms with E-state index in [1.165, 1.54) is 18.2 Å². The maximum absolute atomic E-state index is 11.6. The van der Waals surface area contributed by atoms with Gasteiger partial charge in [-0.1, -0.05) is 24.7 Å². The van der Waals surface area contributed by atoms with Crippen molar-refractivity contribution in [3.05, 3.63) is 53.6 Å². The van der Waals surface area contributed by atoms with E-state index in [-0.39, 0.29) is 17.2 Å². The minimum absolute atomic E-state index is 0.0186. The molecule has 1 unspecified atom stereocenters. The van der Waals surface area contributed by atoms with E-state index in [1.54, 1.807) is 6.33 Å². The predicted molar refractivity (Wildman–Crippen MR) is 108 cm³/mol. The molecule has 1 saturated carbocycles. The zero-order valence-corrected chi connectivity index (χ0v) is 16.3. The van der Waals surface area contributed by atoms with Crippen LogP contribution in [0.3, 0.4) is 0 Å². The van der Waals surface area contributed by atoms with Gasteiger partial charge < -0.3 is 20.5 Å². The van der Waals surface area contributed by atoms with Crippen LogP contribution in [0.5, 0.6) is 0 Å². The molecule has 4 N–H and O–H groups in total. The number of ketones is 1. The Balaban J connectivity index is 0.000000247. The van der Waals surface area contributed by atoms with Crippen molar-refractivity contribution in [1.82, 2.24) is 9.55 Å². The fourth-order valence-electron chi connectivity index (χ4n) is 2.68. The van der Waals surface area contributed by atoms with Gasteiger partial charge in [0.15, 0.2) is 5.78 Å². The highest BCUT2D eigenvalue weighted by atomic mass is 32.1. The lowest BCUT2D eigenvalue weighted by Gasteiger charge is -2.21. The molecule has 28 heavy (non-hydrogen) atoms. The number of aromatic carboxylic acids is 2. The summed E-state index contributed by atoms with van der Waals surface area (Å²) in [4.78, 5) is 36.5. The fourth-order valence-corrected chi connectivity index (χ4v) is 2.68. The SMILES string of the molecule is Cc1cn(C2CCCCC2=O)cn1.NC=S.O=C(O)c1cccc(C(=O)O)c1. The van der Waals surface area contributed by atoms with Crippen LogP contribution in [0, 0.1) is 6.92 Å². The van der Waals surface area contributed by atoms with Crippen molar-refractivity contribution in [1.29, 1.82) is 0 Å². The molecule has 1 aliphatic carbocycles. The third-order valence-electron chi connectivity index (χ3n) is 3.97. The third kappa shape index (κ3) is 7.28. The number of imidazole rings is 1. The molecule has 1 fully saturated rings. The first kappa shape index (κ1) is 23.0. The van der Waals surface area contributed by atoms with E-state index in [4.69, 9.17) is 10.2 Å². The summed E-state index contributed by atoms with van der Waals surface area (Å²) in [6.45, 7) is 1.95. The molecule has 2 aromatic rings. The molecular weight excluding hydrogens is 382 g/mol. The van der Waals surface area contributed by atoms with Crippen molar-refractivity contribution in [2.24, 2.45) is 5.73 Å². The summed E-state index contributed by atoms with van der Waals surface area (Å²) in [6, 6.07) is 5.26. The first-order valence-electron chi connectivity index (χ1n) is 8.55. The summed E-state index contributed by atoms with van der Waals surface area (Å²) < 4.78 is 1.96. The van der Waals surface area contributed by atoms with Gasteiger partial charge in [0.2, 0.25) is 0 Å². The average Bonchev–Trinajstić information content (AvgIpc) is 3.09. The van der Waals surface area contributed by atoms with E-state index in [2.05, 4.69) is 22.9 Å². The number of Topliss-reactive ketones (excluding diaryl/α,β-unsaturated/α-hetero) is 1. The van der Waals surface area contributed by atoms with Gasteiger partial charge in [-0.2, -0.15) is 0 Å². The van der Waals surface area contributed by atoms with Gasteiger partial charge in [0, 0.05) is 12.6 Å². The van der Waals surface area contributed by atoms with Crippen LogP contribution < -0.4 is 5.73 Å². The van der Waals surface area contributed by atoms with Crippen LogP contribution >= 0.6 is 12.2 Å². The monoisotopic (exact) mass is 405 g/mol. The van der Waals surface area contributed by atoms with Gasteiger partial charge >= 0.3 is 11.9 Å². The zero-order valence-electron chi connectivity index (χ0n) is 15.4. The molecule has 3 rings (SSSR count). The Kier molecular flexibility index (Phi) is 9.52. The van der Waals surface area contributed by atoms with Crippen molar-refractivity contribution in [3.8, 4) is 0 Å². The van der Waals surface area contributed by atoms with Crippen LogP contribution in [-0.4, -0.2) is 43.0 Å². The fraction of sp³-hybridized carbons (Fsp3) is 0.316. The van der Waals surface area contributed by atoms with Gasteiger partial charge in [0.1, 0.15) is 0 Å². The number of carboxylic acids is 2. The molecule has 1 heterocycles. The summed E-state index contributed by atoms with van der Waals surface area (Å²) in [5, 5.41) is 17.0. The molecule has 1 aromatic heterocycles. The van der Waals surface area contributed by atoms with Gasteiger partial charge in [-0.15, -0.1) is 0 Å². The Bertz CT molecular complexity index is 805. The van der Waals surface area contributed by atoms with Crippen LogP contribution in [0.1, 0.15) is 58.1 Å². The number of nitrogens with two attached hydrogens (primary N) is 1. The number of hydrogen-bond acceptors (Lipinski definition) is 5. The molecule has 0 spiro atoms. The van der Waals surface area contributed by atoms with E-state index in [1.807, 2.05) is 17.7 Å². The highest BCUT2D eigenvalue weighted by molar-refractivity contribution is 7.78. The lowest BCUT2D eigenvalue weighted by molar-refractivity contribution is -0.123. The van der Waals surface area contributed by atoms with E-state index >= 15 is 0 Å². The van der Waals surface area contributed by atoms with E-state index < -0.39 is 11.9 Å².